The van der Waals surface area contributed by atoms with Gasteiger partial charge in [-0.2, -0.15) is 0 Å². The van der Waals surface area contributed by atoms with Gasteiger partial charge in [-0.3, -0.25) is 4.79 Å². The van der Waals surface area contributed by atoms with E-state index in [0.717, 1.165) is 31.3 Å². The maximum absolute atomic E-state index is 11.9. The van der Waals surface area contributed by atoms with E-state index in [-0.39, 0.29) is 11.7 Å². The normalized spacial score (nSPS) is 21.8. The summed E-state index contributed by atoms with van der Waals surface area (Å²) in [5.74, 6) is 0.683. The molecule has 0 amide bonds. The van der Waals surface area contributed by atoms with Crippen LogP contribution in [0.25, 0.3) is 0 Å². The molecule has 1 aliphatic carbocycles. The summed E-state index contributed by atoms with van der Waals surface area (Å²) >= 11 is 0. The highest BCUT2D eigenvalue weighted by atomic mass is 16.1. The molecule has 1 rings (SSSR count). The van der Waals surface area contributed by atoms with Crippen LogP contribution in [0.3, 0.4) is 0 Å². The topological polar surface area (TPSA) is 17.1 Å². The minimum absolute atomic E-state index is 0.131. The summed E-state index contributed by atoms with van der Waals surface area (Å²) in [6.07, 6.45) is 9.91. The van der Waals surface area contributed by atoms with Crippen molar-refractivity contribution in [2.75, 3.05) is 0 Å². The lowest BCUT2D eigenvalue weighted by Crippen LogP contribution is -2.23. The molecular formula is C18H26O. The maximum atomic E-state index is 11.9. The van der Waals surface area contributed by atoms with Gasteiger partial charge in [0.25, 0.3) is 0 Å². The standard InChI is InChI=1S/C18H26O/c1-6-18(19)17-10-8-7-9-15(17)11-12-16(13(2)3)14(4)5/h6-7,9,15,17H,1-2,8,10-12H2,3-5H3/t15-,17-/m1/s1. The number of rotatable bonds is 6. The largest absolute Gasteiger partial charge is 0.295 e. The van der Waals surface area contributed by atoms with Gasteiger partial charge in [0.15, 0.2) is 5.78 Å². The van der Waals surface area contributed by atoms with Gasteiger partial charge in [-0.1, -0.05) is 36.5 Å². The van der Waals surface area contributed by atoms with Gasteiger partial charge in [0.2, 0.25) is 0 Å². The molecule has 1 nitrogen and oxygen atoms in total. The van der Waals surface area contributed by atoms with Crippen LogP contribution in [-0.2, 0) is 4.79 Å². The third-order valence-corrected chi connectivity index (χ3v) is 3.96. The maximum Gasteiger partial charge on any atom is 0.158 e. The van der Waals surface area contributed by atoms with Crippen molar-refractivity contribution in [2.24, 2.45) is 11.8 Å². The van der Waals surface area contributed by atoms with Gasteiger partial charge in [0, 0.05) is 5.92 Å². The molecule has 0 spiro atoms. The SMILES string of the molecule is C=CC(=O)[C@@H]1CCC=C[C@@H]1CCC(C(=C)C)=C(C)C. The van der Waals surface area contributed by atoms with Gasteiger partial charge in [0.1, 0.15) is 0 Å². The van der Waals surface area contributed by atoms with Crippen molar-refractivity contribution in [3.63, 3.8) is 0 Å². The summed E-state index contributed by atoms with van der Waals surface area (Å²) in [5.41, 5.74) is 3.83. The van der Waals surface area contributed by atoms with Crippen LogP contribution in [0.4, 0.5) is 0 Å². The Balaban J connectivity index is 2.74. The number of hydrogen-bond acceptors (Lipinski definition) is 1. The van der Waals surface area contributed by atoms with Crippen molar-refractivity contribution >= 4 is 5.78 Å². The lowest BCUT2D eigenvalue weighted by molar-refractivity contribution is -0.119. The van der Waals surface area contributed by atoms with Gasteiger partial charge >= 0.3 is 0 Å². The quantitative estimate of drug-likeness (QED) is 0.371. The molecule has 0 radical (unpaired) electrons. The number of hydrogen-bond donors (Lipinski definition) is 0. The lowest BCUT2D eigenvalue weighted by Gasteiger charge is -2.26. The van der Waals surface area contributed by atoms with Crippen LogP contribution in [-0.4, -0.2) is 5.78 Å². The molecule has 0 heterocycles. The lowest BCUT2D eigenvalue weighted by atomic mass is 9.77. The van der Waals surface area contributed by atoms with Gasteiger partial charge < -0.3 is 0 Å². The third-order valence-electron chi connectivity index (χ3n) is 3.96. The van der Waals surface area contributed by atoms with Crippen molar-refractivity contribution in [3.05, 3.63) is 48.1 Å². The Morgan fingerprint density at radius 2 is 2.05 bits per heavy atom. The van der Waals surface area contributed by atoms with E-state index in [4.69, 9.17) is 0 Å². The molecule has 104 valence electrons. The molecule has 0 aromatic rings. The Morgan fingerprint density at radius 1 is 1.37 bits per heavy atom. The molecule has 0 aromatic heterocycles. The molecule has 0 bridgehead atoms. The van der Waals surface area contributed by atoms with E-state index in [0.29, 0.717) is 5.92 Å². The summed E-state index contributed by atoms with van der Waals surface area (Å²) in [6.45, 7) is 14.0. The summed E-state index contributed by atoms with van der Waals surface area (Å²) in [4.78, 5) is 11.9. The molecule has 0 fully saturated rings. The van der Waals surface area contributed by atoms with Crippen LogP contribution in [0.15, 0.2) is 48.1 Å². The fourth-order valence-corrected chi connectivity index (χ4v) is 2.90. The monoisotopic (exact) mass is 258 g/mol. The van der Waals surface area contributed by atoms with Crippen molar-refractivity contribution in [2.45, 2.75) is 46.5 Å². The smallest absolute Gasteiger partial charge is 0.158 e. The van der Waals surface area contributed by atoms with Gasteiger partial charge in [-0.15, -0.1) is 0 Å². The van der Waals surface area contributed by atoms with Crippen molar-refractivity contribution in [1.29, 1.82) is 0 Å². The second-order valence-corrected chi connectivity index (χ2v) is 5.68. The fourth-order valence-electron chi connectivity index (χ4n) is 2.90. The van der Waals surface area contributed by atoms with E-state index in [1.165, 1.54) is 17.2 Å². The number of carbonyl (C=O) groups excluding carboxylic acids is 1. The predicted octanol–water partition coefficient (Wildman–Crippen LogP) is 5.02. The van der Waals surface area contributed by atoms with Crippen LogP contribution in [0.5, 0.6) is 0 Å². The zero-order valence-corrected chi connectivity index (χ0v) is 12.5. The average Bonchev–Trinajstić information content (AvgIpc) is 2.37. The van der Waals surface area contributed by atoms with Gasteiger partial charge in [0.05, 0.1) is 0 Å². The third kappa shape index (κ3) is 4.34. The second-order valence-electron chi connectivity index (χ2n) is 5.68. The summed E-state index contributed by atoms with van der Waals surface area (Å²) in [6, 6.07) is 0. The molecule has 1 heteroatoms. The van der Waals surface area contributed by atoms with Crippen molar-refractivity contribution in [3.8, 4) is 0 Å². The molecule has 0 N–H and O–H groups in total. The number of allylic oxidation sites excluding steroid dienone is 6. The Bertz CT molecular complexity index is 419. The first-order valence-electron chi connectivity index (χ1n) is 7.12. The molecule has 1 aliphatic rings. The molecule has 0 saturated heterocycles. The Kier molecular flexibility index (Phi) is 6.01. The first-order valence-corrected chi connectivity index (χ1v) is 7.12. The Morgan fingerprint density at radius 3 is 2.58 bits per heavy atom. The van der Waals surface area contributed by atoms with Crippen LogP contribution in [0.2, 0.25) is 0 Å². The summed E-state index contributed by atoms with van der Waals surface area (Å²) in [5, 5.41) is 0. The van der Waals surface area contributed by atoms with Crippen LogP contribution < -0.4 is 0 Å². The highest BCUT2D eigenvalue weighted by Crippen LogP contribution is 2.32. The van der Waals surface area contributed by atoms with Crippen molar-refractivity contribution < 1.29 is 4.79 Å². The zero-order valence-electron chi connectivity index (χ0n) is 12.5. The van der Waals surface area contributed by atoms with Gasteiger partial charge in [-0.05, 0) is 64.0 Å². The molecule has 0 unspecified atom stereocenters. The van der Waals surface area contributed by atoms with E-state index in [1.54, 1.807) is 0 Å². The Labute approximate surface area is 117 Å². The highest BCUT2D eigenvalue weighted by molar-refractivity contribution is 5.91. The molecular weight excluding hydrogens is 232 g/mol. The zero-order chi connectivity index (χ0) is 14.4. The van der Waals surface area contributed by atoms with E-state index in [9.17, 15) is 4.79 Å². The molecule has 0 saturated carbocycles. The second kappa shape index (κ2) is 7.28. The molecule has 2 atom stereocenters. The Hall–Kier alpha value is -1.37. The van der Waals surface area contributed by atoms with E-state index in [1.807, 2.05) is 0 Å². The van der Waals surface area contributed by atoms with Crippen LogP contribution in [0.1, 0.15) is 46.5 Å². The predicted molar refractivity (Wildman–Crippen MR) is 83.0 cm³/mol. The van der Waals surface area contributed by atoms with Crippen molar-refractivity contribution in [1.82, 2.24) is 0 Å². The number of carbonyl (C=O) groups is 1. The van der Waals surface area contributed by atoms with E-state index >= 15 is 0 Å². The first-order chi connectivity index (χ1) is 8.97. The van der Waals surface area contributed by atoms with Crippen LogP contribution >= 0.6 is 0 Å². The fraction of sp³-hybridized carbons (Fsp3) is 0.500. The molecule has 0 aromatic carbocycles. The minimum atomic E-state index is 0.131. The number of ketones is 1. The molecule has 0 aliphatic heterocycles. The van der Waals surface area contributed by atoms with E-state index < -0.39 is 0 Å². The molecule has 19 heavy (non-hydrogen) atoms. The summed E-state index contributed by atoms with van der Waals surface area (Å²) in [7, 11) is 0. The first kappa shape index (κ1) is 15.7. The average molecular weight is 258 g/mol. The van der Waals surface area contributed by atoms with Crippen LogP contribution in [0, 0.1) is 11.8 Å². The van der Waals surface area contributed by atoms with Gasteiger partial charge in [-0.25, -0.2) is 0 Å². The minimum Gasteiger partial charge on any atom is -0.295 e. The van der Waals surface area contributed by atoms with E-state index in [2.05, 4.69) is 46.1 Å². The summed E-state index contributed by atoms with van der Waals surface area (Å²) < 4.78 is 0. The highest BCUT2D eigenvalue weighted by Gasteiger charge is 2.26.